The first-order valence-electron chi connectivity index (χ1n) is 7.74. The van der Waals surface area contributed by atoms with E-state index >= 15 is 0 Å². The molecule has 0 saturated heterocycles. The second-order valence-electron chi connectivity index (χ2n) is 5.30. The molecule has 0 spiro atoms. The van der Waals surface area contributed by atoms with Gasteiger partial charge in [0.15, 0.2) is 5.16 Å². The lowest BCUT2D eigenvalue weighted by atomic mass is 10.3. The minimum atomic E-state index is -0.499. The topological polar surface area (TPSA) is 73.2 Å². The molecule has 26 heavy (non-hydrogen) atoms. The number of thioether (sulfide) groups is 1. The molecule has 1 amide bonds. The van der Waals surface area contributed by atoms with Gasteiger partial charge in [-0.1, -0.05) is 23.9 Å². The summed E-state index contributed by atoms with van der Waals surface area (Å²) in [6.07, 6.45) is 0. The number of anilines is 1. The predicted molar refractivity (Wildman–Crippen MR) is 102 cm³/mol. The van der Waals surface area contributed by atoms with Crippen LogP contribution in [0.25, 0.3) is 10.2 Å². The van der Waals surface area contributed by atoms with E-state index in [-0.39, 0.29) is 22.9 Å². The third kappa shape index (κ3) is 4.12. The molecule has 0 unspecified atom stereocenters. The number of carbonyl (C=O) groups is 1. The van der Waals surface area contributed by atoms with Gasteiger partial charge >= 0.3 is 0 Å². The number of fused-ring (bicyclic) bond motifs is 1. The van der Waals surface area contributed by atoms with E-state index in [1.165, 1.54) is 28.0 Å². The van der Waals surface area contributed by atoms with E-state index in [1.54, 1.807) is 30.7 Å². The van der Waals surface area contributed by atoms with Gasteiger partial charge in [-0.3, -0.25) is 14.2 Å². The molecule has 0 aliphatic rings. The highest BCUT2D eigenvalue weighted by Crippen LogP contribution is 2.21. The highest BCUT2D eigenvalue weighted by atomic mass is 32.2. The first-order valence-corrected chi connectivity index (χ1v) is 9.61. The monoisotopic (exact) mass is 393 g/mol. The van der Waals surface area contributed by atoms with Crippen molar-refractivity contribution < 1.29 is 13.9 Å². The van der Waals surface area contributed by atoms with E-state index in [9.17, 15) is 14.0 Å². The van der Waals surface area contributed by atoms with Gasteiger partial charge in [-0.2, -0.15) is 0 Å². The van der Waals surface area contributed by atoms with Gasteiger partial charge in [0.05, 0.1) is 30.1 Å². The second-order valence-corrected chi connectivity index (χ2v) is 7.15. The zero-order valence-corrected chi connectivity index (χ0v) is 15.5. The highest BCUT2D eigenvalue weighted by Gasteiger charge is 2.14. The standard InChI is InChI=1S/C17H16FN3O3S2/c1-24-8-7-21-16(23)15-13(6-9-25-15)20-17(21)26-10-14(22)19-12-5-3-2-4-11(12)18/h2-6,9H,7-8,10H2,1H3,(H,19,22). The number of nitrogens with zero attached hydrogens (tertiary/aromatic N) is 2. The highest BCUT2D eigenvalue weighted by molar-refractivity contribution is 7.99. The molecule has 0 aliphatic heterocycles. The van der Waals surface area contributed by atoms with Gasteiger partial charge in [0.1, 0.15) is 10.5 Å². The Morgan fingerprint density at radius 1 is 1.38 bits per heavy atom. The Hall–Kier alpha value is -2.23. The van der Waals surface area contributed by atoms with Crippen LogP contribution in [0.15, 0.2) is 45.7 Å². The Morgan fingerprint density at radius 2 is 2.19 bits per heavy atom. The van der Waals surface area contributed by atoms with Crippen molar-refractivity contribution in [2.24, 2.45) is 0 Å². The summed E-state index contributed by atoms with van der Waals surface area (Å²) < 4.78 is 20.7. The van der Waals surface area contributed by atoms with Crippen molar-refractivity contribution in [2.45, 2.75) is 11.7 Å². The smallest absolute Gasteiger partial charge is 0.272 e. The largest absolute Gasteiger partial charge is 0.383 e. The molecular weight excluding hydrogens is 377 g/mol. The summed E-state index contributed by atoms with van der Waals surface area (Å²) in [7, 11) is 1.55. The number of carbonyl (C=O) groups excluding carboxylic acids is 1. The SMILES string of the molecule is COCCn1c(SCC(=O)Nc2ccccc2F)nc2ccsc2c1=O. The maximum absolute atomic E-state index is 13.6. The molecule has 3 rings (SSSR count). The minimum Gasteiger partial charge on any atom is -0.383 e. The Kier molecular flexibility index (Phi) is 6.02. The molecule has 136 valence electrons. The van der Waals surface area contributed by atoms with Gasteiger partial charge in [0.25, 0.3) is 5.56 Å². The molecule has 6 nitrogen and oxygen atoms in total. The summed E-state index contributed by atoms with van der Waals surface area (Å²) in [5, 5.41) is 4.75. The van der Waals surface area contributed by atoms with Crippen molar-refractivity contribution in [1.29, 1.82) is 0 Å². The average molecular weight is 393 g/mol. The Balaban J connectivity index is 1.78. The molecule has 1 aromatic carbocycles. The Bertz CT molecular complexity index is 987. The van der Waals surface area contributed by atoms with Crippen molar-refractivity contribution in [2.75, 3.05) is 24.8 Å². The van der Waals surface area contributed by atoms with Crippen LogP contribution in [-0.4, -0.2) is 34.9 Å². The lowest BCUT2D eigenvalue weighted by Crippen LogP contribution is -2.25. The van der Waals surface area contributed by atoms with E-state index in [1.807, 2.05) is 0 Å². The van der Waals surface area contributed by atoms with Crippen LogP contribution >= 0.6 is 23.1 Å². The fourth-order valence-corrected chi connectivity index (χ4v) is 3.90. The number of para-hydroxylation sites is 1. The molecule has 0 saturated carbocycles. The number of hydrogen-bond donors (Lipinski definition) is 1. The van der Waals surface area contributed by atoms with Crippen LogP contribution in [0, 0.1) is 5.82 Å². The van der Waals surface area contributed by atoms with Crippen molar-refractivity contribution in [3.63, 3.8) is 0 Å². The molecule has 2 aromatic heterocycles. The fourth-order valence-electron chi connectivity index (χ4n) is 2.29. The number of amides is 1. The summed E-state index contributed by atoms with van der Waals surface area (Å²) in [4.78, 5) is 29.2. The lowest BCUT2D eigenvalue weighted by molar-refractivity contribution is -0.113. The lowest BCUT2D eigenvalue weighted by Gasteiger charge is -2.11. The van der Waals surface area contributed by atoms with Crippen LogP contribution < -0.4 is 10.9 Å². The van der Waals surface area contributed by atoms with E-state index in [0.29, 0.717) is 28.5 Å². The molecule has 0 radical (unpaired) electrons. The van der Waals surface area contributed by atoms with Crippen LogP contribution in [-0.2, 0) is 16.1 Å². The van der Waals surface area contributed by atoms with Gasteiger partial charge in [0.2, 0.25) is 5.91 Å². The van der Waals surface area contributed by atoms with E-state index in [4.69, 9.17) is 4.74 Å². The van der Waals surface area contributed by atoms with Gasteiger partial charge in [-0.15, -0.1) is 11.3 Å². The van der Waals surface area contributed by atoms with Crippen LogP contribution in [0.2, 0.25) is 0 Å². The number of methoxy groups -OCH3 is 1. The number of aromatic nitrogens is 2. The Labute approximate surface area is 157 Å². The number of nitrogens with one attached hydrogen (secondary N) is 1. The van der Waals surface area contributed by atoms with E-state index in [2.05, 4.69) is 10.3 Å². The van der Waals surface area contributed by atoms with E-state index in [0.717, 1.165) is 11.8 Å². The van der Waals surface area contributed by atoms with Gasteiger partial charge in [-0.25, -0.2) is 9.37 Å². The third-order valence-electron chi connectivity index (χ3n) is 3.53. The van der Waals surface area contributed by atoms with Crippen LogP contribution in [0.5, 0.6) is 0 Å². The fraction of sp³-hybridized carbons (Fsp3) is 0.235. The average Bonchev–Trinajstić information content (AvgIpc) is 3.10. The summed E-state index contributed by atoms with van der Waals surface area (Å²) in [5.41, 5.74) is 0.570. The van der Waals surface area contributed by atoms with Gasteiger partial charge < -0.3 is 10.1 Å². The molecule has 0 atom stereocenters. The Morgan fingerprint density at radius 3 is 2.96 bits per heavy atom. The normalized spacial score (nSPS) is 11.0. The first-order chi connectivity index (χ1) is 12.6. The van der Waals surface area contributed by atoms with Crippen molar-refractivity contribution in [3.05, 3.63) is 51.9 Å². The molecule has 0 aliphatic carbocycles. The van der Waals surface area contributed by atoms with Crippen molar-refractivity contribution in [3.8, 4) is 0 Å². The van der Waals surface area contributed by atoms with E-state index < -0.39 is 5.82 Å². The quantitative estimate of drug-likeness (QED) is 0.494. The molecule has 1 N–H and O–H groups in total. The first kappa shape index (κ1) is 18.6. The zero-order valence-electron chi connectivity index (χ0n) is 13.9. The minimum absolute atomic E-state index is 0.00337. The van der Waals surface area contributed by atoms with Crippen LogP contribution in [0.4, 0.5) is 10.1 Å². The number of rotatable bonds is 7. The maximum Gasteiger partial charge on any atom is 0.272 e. The van der Waals surface area contributed by atoms with Gasteiger partial charge in [0, 0.05) is 7.11 Å². The molecule has 9 heteroatoms. The number of ether oxygens (including phenoxy) is 1. The molecular formula is C17H16FN3O3S2. The summed E-state index contributed by atoms with van der Waals surface area (Å²) in [6, 6.07) is 7.72. The zero-order chi connectivity index (χ0) is 18.5. The summed E-state index contributed by atoms with van der Waals surface area (Å²) in [5.74, 6) is -0.873. The van der Waals surface area contributed by atoms with Crippen LogP contribution in [0.3, 0.4) is 0 Å². The van der Waals surface area contributed by atoms with Crippen LogP contribution in [0.1, 0.15) is 0 Å². The molecule has 0 bridgehead atoms. The molecule has 0 fully saturated rings. The number of hydrogen-bond acceptors (Lipinski definition) is 6. The maximum atomic E-state index is 13.6. The van der Waals surface area contributed by atoms with Crippen molar-refractivity contribution in [1.82, 2.24) is 9.55 Å². The van der Waals surface area contributed by atoms with Gasteiger partial charge in [-0.05, 0) is 23.6 Å². The number of thiophene rings is 1. The summed E-state index contributed by atoms with van der Waals surface area (Å²) in [6.45, 7) is 0.695. The summed E-state index contributed by atoms with van der Waals surface area (Å²) >= 11 is 2.46. The predicted octanol–water partition coefficient (Wildman–Crippen LogP) is 2.97. The third-order valence-corrected chi connectivity index (χ3v) is 5.40. The number of halogens is 1. The van der Waals surface area contributed by atoms with Crippen molar-refractivity contribution >= 4 is 44.9 Å². The number of benzene rings is 1. The second kappa shape index (κ2) is 8.43. The molecule has 3 aromatic rings. The molecule has 2 heterocycles.